The van der Waals surface area contributed by atoms with Crippen molar-refractivity contribution in [2.24, 2.45) is 5.73 Å². The van der Waals surface area contributed by atoms with Crippen LogP contribution in [-0.4, -0.2) is 81.0 Å². The van der Waals surface area contributed by atoms with E-state index in [4.69, 9.17) is 19.9 Å². The van der Waals surface area contributed by atoms with Gasteiger partial charge in [-0.2, -0.15) is 0 Å². The Hall–Kier alpha value is -4.45. The van der Waals surface area contributed by atoms with Crippen LogP contribution in [0.2, 0.25) is 0 Å². The normalized spacial score (nSPS) is 15.6. The number of ether oxygens (including phenoxy) is 3. The van der Waals surface area contributed by atoms with Gasteiger partial charge in [-0.05, 0) is 93.4 Å². The summed E-state index contributed by atoms with van der Waals surface area (Å²) in [6, 6.07) is 17.9. The lowest BCUT2D eigenvalue weighted by Crippen LogP contribution is -2.47. The van der Waals surface area contributed by atoms with Crippen LogP contribution in [-0.2, 0) is 16.1 Å². The van der Waals surface area contributed by atoms with E-state index in [9.17, 15) is 14.4 Å². The summed E-state index contributed by atoms with van der Waals surface area (Å²) >= 11 is 0. The van der Waals surface area contributed by atoms with Crippen LogP contribution in [0.1, 0.15) is 75.6 Å². The van der Waals surface area contributed by atoms with Crippen molar-refractivity contribution < 1.29 is 28.6 Å². The summed E-state index contributed by atoms with van der Waals surface area (Å²) in [4.78, 5) is 44.9. The number of aryl methyl sites for hydroxylation is 1. The van der Waals surface area contributed by atoms with Crippen LogP contribution in [0.15, 0.2) is 60.7 Å². The molecule has 2 aliphatic rings. The summed E-state index contributed by atoms with van der Waals surface area (Å²) < 4.78 is 17.5. The second-order valence-corrected chi connectivity index (χ2v) is 12.5. The lowest BCUT2D eigenvalue weighted by atomic mass is 10.0. The van der Waals surface area contributed by atoms with Crippen molar-refractivity contribution in [3.63, 3.8) is 0 Å². The maximum Gasteiger partial charge on any atom is 0.277 e. The Morgan fingerprint density at radius 2 is 1.81 bits per heavy atom. The largest absolute Gasteiger partial charge is 0.491 e. The smallest absolute Gasteiger partial charge is 0.277 e. The maximum atomic E-state index is 14.2. The van der Waals surface area contributed by atoms with Gasteiger partial charge in [0.25, 0.3) is 11.8 Å². The minimum Gasteiger partial charge on any atom is -0.491 e. The fourth-order valence-corrected chi connectivity index (χ4v) is 6.03. The first kappa shape index (κ1) is 34.9. The number of piperazine rings is 1. The zero-order valence-electron chi connectivity index (χ0n) is 28.2. The highest BCUT2D eigenvalue weighted by molar-refractivity contribution is 6.10. The molecule has 2 bridgehead atoms. The number of hydrogen-bond acceptors (Lipinski definition) is 8. The van der Waals surface area contributed by atoms with E-state index in [0.717, 1.165) is 62.1 Å². The van der Waals surface area contributed by atoms with E-state index < -0.39 is 11.8 Å². The highest BCUT2D eigenvalue weighted by atomic mass is 16.5. The summed E-state index contributed by atoms with van der Waals surface area (Å²) in [5.41, 5.74) is 12.4. The zero-order chi connectivity index (χ0) is 34.0. The van der Waals surface area contributed by atoms with Crippen molar-refractivity contribution in [2.75, 3.05) is 58.5 Å². The summed E-state index contributed by atoms with van der Waals surface area (Å²) in [5, 5.41) is 1.26. The molecule has 2 aliphatic heterocycles. The number of methoxy groups -OCH3 is 1. The average molecular weight is 658 g/mol. The molecule has 1 atom stereocenters. The first-order valence-corrected chi connectivity index (χ1v) is 16.7. The van der Waals surface area contributed by atoms with Crippen molar-refractivity contribution in [3.05, 3.63) is 88.5 Å². The Bertz CT molecular complexity index is 1590. The number of benzene rings is 3. The molecule has 3 amide bonds. The van der Waals surface area contributed by atoms with Crippen molar-refractivity contribution >= 4 is 23.4 Å². The Morgan fingerprint density at radius 1 is 1.00 bits per heavy atom. The van der Waals surface area contributed by atoms with Crippen LogP contribution >= 0.6 is 0 Å². The summed E-state index contributed by atoms with van der Waals surface area (Å²) in [5.74, 6) is 0.469. The molecule has 0 spiro atoms. The molecule has 2 heterocycles. The quantitative estimate of drug-likeness (QED) is 0.190. The van der Waals surface area contributed by atoms with E-state index >= 15 is 0 Å². The number of nitrogens with zero attached hydrogens (tertiary/aromatic N) is 3. The number of nitrogens with one attached hydrogen (secondary N) is 1. The SMILES string of the molecule is COCc1cccc(C(=O)N(NC(=O)c2ccc3cc2C(CCN)O3)c2ccc(C)cc2OCCCCCC(=O)N2CCN(C)CC2)c1. The van der Waals surface area contributed by atoms with Gasteiger partial charge in [-0.1, -0.05) is 18.2 Å². The standard InChI is InChI=1S/C37H47N5O6/c1-26-11-14-32(34(22-26)47-21-6-4-5-10-35(43)41-19-17-40(2)18-20-41)42(37(45)28-9-7-8-27(23-28)25-46-3)39-36(44)30-13-12-29-24-31(30)33(48-29)15-16-38/h7-9,11-14,22-24,33H,4-6,10,15-21,25,38H2,1-3H3,(H,39,44). The molecule has 1 unspecified atom stereocenters. The Kier molecular flexibility index (Phi) is 12.1. The lowest BCUT2D eigenvalue weighted by Gasteiger charge is -2.32. The van der Waals surface area contributed by atoms with Crippen LogP contribution in [0.5, 0.6) is 11.5 Å². The Labute approximate surface area is 282 Å². The molecule has 0 radical (unpaired) electrons. The summed E-state index contributed by atoms with van der Waals surface area (Å²) in [6.07, 6.45) is 3.10. The number of carbonyl (C=O) groups excluding carboxylic acids is 3. The number of rotatable bonds is 14. The second kappa shape index (κ2) is 16.6. The molecular weight excluding hydrogens is 610 g/mol. The molecule has 1 fully saturated rings. The van der Waals surface area contributed by atoms with Crippen molar-refractivity contribution in [2.45, 2.75) is 51.7 Å². The van der Waals surface area contributed by atoms with Gasteiger partial charge in [-0.25, -0.2) is 5.01 Å². The lowest BCUT2D eigenvalue weighted by molar-refractivity contribution is -0.132. The molecule has 0 aliphatic carbocycles. The third kappa shape index (κ3) is 8.71. The van der Waals surface area contributed by atoms with Gasteiger partial charge < -0.3 is 29.7 Å². The number of carbonyl (C=O) groups is 3. The summed E-state index contributed by atoms with van der Waals surface area (Å²) in [6.45, 7) is 6.47. The fourth-order valence-electron chi connectivity index (χ4n) is 6.03. The molecule has 3 aromatic rings. The maximum absolute atomic E-state index is 14.2. The van der Waals surface area contributed by atoms with E-state index in [1.54, 1.807) is 43.5 Å². The van der Waals surface area contributed by atoms with Gasteiger partial charge in [0.2, 0.25) is 5.91 Å². The topological polar surface area (TPSA) is 127 Å². The number of hydrazine groups is 1. The van der Waals surface area contributed by atoms with Gasteiger partial charge in [0, 0.05) is 62.8 Å². The molecule has 11 heteroatoms. The third-order valence-corrected chi connectivity index (χ3v) is 8.73. The van der Waals surface area contributed by atoms with Crippen molar-refractivity contribution in [1.29, 1.82) is 0 Å². The van der Waals surface area contributed by atoms with Crippen molar-refractivity contribution in [3.8, 4) is 11.5 Å². The van der Waals surface area contributed by atoms with Crippen LogP contribution in [0.3, 0.4) is 0 Å². The Morgan fingerprint density at radius 3 is 2.58 bits per heavy atom. The molecule has 0 saturated carbocycles. The number of nitrogens with two attached hydrogens (primary N) is 1. The molecule has 256 valence electrons. The van der Waals surface area contributed by atoms with Gasteiger partial charge in [0.05, 0.1) is 13.2 Å². The van der Waals surface area contributed by atoms with Gasteiger partial charge in [0.1, 0.15) is 23.3 Å². The van der Waals surface area contributed by atoms with Gasteiger partial charge in [-0.3, -0.25) is 19.8 Å². The molecule has 1 saturated heterocycles. The van der Waals surface area contributed by atoms with Gasteiger partial charge >= 0.3 is 0 Å². The Balaban J connectivity index is 1.32. The van der Waals surface area contributed by atoms with Crippen LogP contribution in [0, 0.1) is 6.92 Å². The molecule has 0 aromatic heterocycles. The van der Waals surface area contributed by atoms with E-state index in [0.29, 0.717) is 60.9 Å². The first-order valence-electron chi connectivity index (χ1n) is 16.7. The number of amides is 3. The highest BCUT2D eigenvalue weighted by Gasteiger charge is 2.30. The van der Waals surface area contributed by atoms with E-state index in [-0.39, 0.29) is 12.0 Å². The molecular formula is C37H47N5O6. The molecule has 48 heavy (non-hydrogen) atoms. The van der Waals surface area contributed by atoms with Gasteiger partial charge in [0.15, 0.2) is 0 Å². The first-order chi connectivity index (χ1) is 23.3. The minimum atomic E-state index is -0.456. The number of unbranched alkanes of at least 4 members (excludes halogenated alkanes) is 2. The van der Waals surface area contributed by atoms with Crippen molar-refractivity contribution in [1.82, 2.24) is 15.2 Å². The molecule has 3 aromatic carbocycles. The van der Waals surface area contributed by atoms with Gasteiger partial charge in [-0.15, -0.1) is 0 Å². The predicted octanol–water partition coefficient (Wildman–Crippen LogP) is 4.63. The summed E-state index contributed by atoms with van der Waals surface area (Å²) in [7, 11) is 3.67. The molecule has 5 rings (SSSR count). The number of hydrogen-bond donors (Lipinski definition) is 2. The number of likely N-dealkylation sites (N-methyl/N-ethyl adjacent to an activating group) is 1. The fraction of sp³-hybridized carbons (Fsp3) is 0.432. The third-order valence-electron chi connectivity index (χ3n) is 8.73. The van der Waals surface area contributed by atoms with Crippen LogP contribution in [0.25, 0.3) is 0 Å². The minimum absolute atomic E-state index is 0.207. The number of fused-ring (bicyclic) bond motifs is 2. The van der Waals surface area contributed by atoms with Crippen LogP contribution in [0.4, 0.5) is 5.69 Å². The second-order valence-electron chi connectivity index (χ2n) is 12.5. The molecule has 11 nitrogen and oxygen atoms in total. The average Bonchev–Trinajstić information content (AvgIpc) is 3.39. The van der Waals surface area contributed by atoms with E-state index in [1.807, 2.05) is 36.1 Å². The predicted molar refractivity (Wildman–Crippen MR) is 184 cm³/mol. The number of anilines is 1. The highest BCUT2D eigenvalue weighted by Crippen LogP contribution is 2.37. The monoisotopic (exact) mass is 657 g/mol. The van der Waals surface area contributed by atoms with E-state index in [2.05, 4.69) is 17.4 Å². The zero-order valence-corrected chi connectivity index (χ0v) is 28.2. The van der Waals surface area contributed by atoms with Crippen LogP contribution < -0.4 is 25.6 Å². The molecule has 3 N–H and O–H groups in total. The van der Waals surface area contributed by atoms with E-state index in [1.165, 1.54) is 5.01 Å².